The van der Waals surface area contributed by atoms with Gasteiger partial charge < -0.3 is 14.1 Å². The van der Waals surface area contributed by atoms with Gasteiger partial charge in [0.2, 0.25) is 5.91 Å². The molecule has 1 aromatic heterocycles. The van der Waals surface area contributed by atoms with Crippen LogP contribution in [0.2, 0.25) is 0 Å². The minimum atomic E-state index is -0.0784. The fraction of sp³-hybridized carbons (Fsp3) is 0.412. The molecule has 22 heavy (non-hydrogen) atoms. The second-order valence-corrected chi connectivity index (χ2v) is 5.67. The number of ether oxygens (including phenoxy) is 1. The van der Waals surface area contributed by atoms with Gasteiger partial charge in [0.15, 0.2) is 5.89 Å². The normalized spacial score (nSPS) is 21.8. The summed E-state index contributed by atoms with van der Waals surface area (Å²) in [6.45, 7) is 4.94. The monoisotopic (exact) mass is 300 g/mol. The van der Waals surface area contributed by atoms with Crippen LogP contribution in [-0.4, -0.2) is 35.0 Å². The minimum Gasteiger partial charge on any atom is -0.446 e. The van der Waals surface area contributed by atoms with Crippen molar-refractivity contribution in [3.8, 4) is 0 Å². The second-order valence-electron chi connectivity index (χ2n) is 5.67. The first-order valence-electron chi connectivity index (χ1n) is 7.51. The summed E-state index contributed by atoms with van der Waals surface area (Å²) in [4.78, 5) is 18.4. The summed E-state index contributed by atoms with van der Waals surface area (Å²) in [5.41, 5.74) is 1.10. The van der Waals surface area contributed by atoms with Crippen LogP contribution in [0.15, 0.2) is 40.9 Å². The van der Waals surface area contributed by atoms with Gasteiger partial charge in [-0.1, -0.05) is 30.3 Å². The molecule has 1 aliphatic heterocycles. The maximum Gasteiger partial charge on any atom is 0.230 e. The molecule has 2 atom stereocenters. The van der Waals surface area contributed by atoms with Crippen molar-refractivity contribution in [2.24, 2.45) is 0 Å². The molecule has 116 valence electrons. The van der Waals surface area contributed by atoms with Crippen molar-refractivity contribution in [3.63, 3.8) is 0 Å². The van der Waals surface area contributed by atoms with Gasteiger partial charge >= 0.3 is 0 Å². The minimum absolute atomic E-state index is 0.0133. The Hall–Kier alpha value is -2.14. The molecule has 1 aliphatic rings. The number of hydrogen-bond donors (Lipinski definition) is 0. The van der Waals surface area contributed by atoms with Crippen molar-refractivity contribution in [2.45, 2.75) is 32.5 Å². The van der Waals surface area contributed by atoms with Crippen LogP contribution in [0.25, 0.3) is 0 Å². The Bertz CT molecular complexity index is 638. The molecule has 1 aromatic carbocycles. The Labute approximate surface area is 129 Å². The molecule has 0 radical (unpaired) electrons. The lowest BCUT2D eigenvalue weighted by Crippen LogP contribution is -2.46. The molecule has 1 fully saturated rings. The molecular formula is C17H20N2O3. The fourth-order valence-corrected chi connectivity index (χ4v) is 2.75. The van der Waals surface area contributed by atoms with E-state index in [0.29, 0.717) is 24.7 Å². The van der Waals surface area contributed by atoms with Gasteiger partial charge in [-0.3, -0.25) is 4.79 Å². The number of oxazole rings is 1. The third kappa shape index (κ3) is 3.36. The van der Waals surface area contributed by atoms with Gasteiger partial charge in [-0.05, 0) is 12.5 Å². The van der Waals surface area contributed by atoms with E-state index in [1.54, 1.807) is 13.1 Å². The van der Waals surface area contributed by atoms with Crippen molar-refractivity contribution in [2.75, 3.05) is 13.1 Å². The predicted octanol–water partition coefficient (Wildman–Crippen LogP) is 2.51. The number of morpholine rings is 1. The van der Waals surface area contributed by atoms with E-state index in [1.165, 1.54) is 0 Å². The summed E-state index contributed by atoms with van der Waals surface area (Å²) in [5.74, 6) is 1.24. The molecule has 1 saturated heterocycles. The highest BCUT2D eigenvalue weighted by Crippen LogP contribution is 2.25. The smallest absolute Gasteiger partial charge is 0.230 e. The van der Waals surface area contributed by atoms with Crippen LogP contribution in [0.3, 0.4) is 0 Å². The van der Waals surface area contributed by atoms with Crippen molar-refractivity contribution in [3.05, 3.63) is 53.7 Å². The van der Waals surface area contributed by atoms with E-state index in [2.05, 4.69) is 4.98 Å². The topological polar surface area (TPSA) is 55.6 Å². The summed E-state index contributed by atoms with van der Waals surface area (Å²) < 4.78 is 11.4. The highest BCUT2D eigenvalue weighted by Gasteiger charge is 2.29. The van der Waals surface area contributed by atoms with E-state index >= 15 is 0 Å². The lowest BCUT2D eigenvalue weighted by Gasteiger charge is -2.37. The first-order chi connectivity index (χ1) is 10.6. The van der Waals surface area contributed by atoms with Crippen LogP contribution >= 0.6 is 0 Å². The summed E-state index contributed by atoms with van der Waals surface area (Å²) in [7, 11) is 0. The van der Waals surface area contributed by atoms with Gasteiger partial charge in [0, 0.05) is 13.5 Å². The average molecular weight is 300 g/mol. The molecule has 3 rings (SSSR count). The van der Waals surface area contributed by atoms with Crippen LogP contribution in [0, 0.1) is 6.92 Å². The van der Waals surface area contributed by atoms with E-state index in [4.69, 9.17) is 9.15 Å². The van der Waals surface area contributed by atoms with E-state index in [1.807, 2.05) is 42.2 Å². The number of amides is 1. The molecular weight excluding hydrogens is 280 g/mol. The Morgan fingerprint density at radius 3 is 2.77 bits per heavy atom. The zero-order valence-corrected chi connectivity index (χ0v) is 12.9. The standard InChI is InChI=1S/C17H20N2O3/c1-12-10-19(17(20)8-15-9-18-13(2)22-15)11-16(21-12)14-6-4-3-5-7-14/h3-7,9,12,16H,8,10-11H2,1-2H3. The molecule has 0 aliphatic carbocycles. The van der Waals surface area contributed by atoms with Gasteiger partial charge in [-0.25, -0.2) is 4.98 Å². The zero-order valence-electron chi connectivity index (χ0n) is 12.9. The summed E-state index contributed by atoms with van der Waals surface area (Å²) in [6.07, 6.45) is 1.80. The van der Waals surface area contributed by atoms with Crippen LogP contribution in [-0.2, 0) is 16.0 Å². The zero-order chi connectivity index (χ0) is 15.5. The maximum atomic E-state index is 12.5. The number of aryl methyl sites for hydroxylation is 1. The molecule has 1 amide bonds. The molecule has 0 bridgehead atoms. The second kappa shape index (κ2) is 6.32. The van der Waals surface area contributed by atoms with Crippen molar-refractivity contribution in [1.29, 1.82) is 0 Å². The van der Waals surface area contributed by atoms with Crippen molar-refractivity contribution in [1.82, 2.24) is 9.88 Å². The molecule has 0 spiro atoms. The Morgan fingerprint density at radius 1 is 1.32 bits per heavy atom. The Morgan fingerprint density at radius 2 is 2.09 bits per heavy atom. The number of aromatic nitrogens is 1. The largest absolute Gasteiger partial charge is 0.446 e. The van der Waals surface area contributed by atoms with Gasteiger partial charge in [0.25, 0.3) is 0 Å². The molecule has 0 N–H and O–H groups in total. The van der Waals surface area contributed by atoms with Gasteiger partial charge in [-0.15, -0.1) is 0 Å². The average Bonchev–Trinajstić information content (AvgIpc) is 2.92. The van der Waals surface area contributed by atoms with E-state index in [-0.39, 0.29) is 24.5 Å². The summed E-state index contributed by atoms with van der Waals surface area (Å²) in [5, 5.41) is 0. The molecule has 5 nitrogen and oxygen atoms in total. The molecule has 2 heterocycles. The fourth-order valence-electron chi connectivity index (χ4n) is 2.75. The Kier molecular flexibility index (Phi) is 4.24. The number of benzene rings is 1. The number of nitrogens with zero attached hydrogens (tertiary/aromatic N) is 2. The predicted molar refractivity (Wildman–Crippen MR) is 81.3 cm³/mol. The molecule has 0 saturated carbocycles. The van der Waals surface area contributed by atoms with Crippen LogP contribution in [0.5, 0.6) is 0 Å². The highest BCUT2D eigenvalue weighted by atomic mass is 16.5. The number of carbonyl (C=O) groups excluding carboxylic acids is 1. The number of carbonyl (C=O) groups is 1. The first kappa shape index (κ1) is 14.8. The molecule has 5 heteroatoms. The molecule has 2 unspecified atom stereocenters. The van der Waals surface area contributed by atoms with E-state index in [9.17, 15) is 4.79 Å². The van der Waals surface area contributed by atoms with E-state index in [0.717, 1.165) is 5.56 Å². The van der Waals surface area contributed by atoms with Crippen molar-refractivity contribution < 1.29 is 13.9 Å². The third-order valence-corrected chi connectivity index (χ3v) is 3.78. The molecule has 2 aromatic rings. The number of hydrogen-bond acceptors (Lipinski definition) is 4. The van der Waals surface area contributed by atoms with Gasteiger partial charge in [-0.2, -0.15) is 0 Å². The SMILES string of the molecule is Cc1ncc(CC(=O)N2CC(C)OC(c3ccccc3)C2)o1. The van der Waals surface area contributed by atoms with Gasteiger partial charge in [0.1, 0.15) is 11.9 Å². The lowest BCUT2D eigenvalue weighted by atomic mass is 10.1. The maximum absolute atomic E-state index is 12.5. The summed E-state index contributed by atoms with van der Waals surface area (Å²) in [6, 6.07) is 10.0. The number of rotatable bonds is 3. The van der Waals surface area contributed by atoms with Crippen LogP contribution < -0.4 is 0 Å². The van der Waals surface area contributed by atoms with Crippen LogP contribution in [0.1, 0.15) is 30.2 Å². The third-order valence-electron chi connectivity index (χ3n) is 3.78. The Balaban J connectivity index is 1.69. The highest BCUT2D eigenvalue weighted by molar-refractivity contribution is 5.78. The van der Waals surface area contributed by atoms with E-state index < -0.39 is 0 Å². The lowest BCUT2D eigenvalue weighted by molar-refractivity contribution is -0.144. The quantitative estimate of drug-likeness (QED) is 0.874. The first-order valence-corrected chi connectivity index (χ1v) is 7.51. The van der Waals surface area contributed by atoms with Crippen LogP contribution in [0.4, 0.5) is 0 Å². The summed E-state index contributed by atoms with van der Waals surface area (Å²) >= 11 is 0. The van der Waals surface area contributed by atoms with Crippen molar-refractivity contribution >= 4 is 5.91 Å². The van der Waals surface area contributed by atoms with Gasteiger partial charge in [0.05, 0.1) is 25.3 Å².